The summed E-state index contributed by atoms with van der Waals surface area (Å²) in [7, 11) is 0. The molecule has 6 nitrogen and oxygen atoms in total. The van der Waals surface area contributed by atoms with E-state index in [9.17, 15) is 4.79 Å². The molecule has 1 aliphatic heterocycles. The topological polar surface area (TPSA) is 65.4 Å². The summed E-state index contributed by atoms with van der Waals surface area (Å²) in [5.41, 5.74) is 2.15. The number of ether oxygens (including phenoxy) is 2. The first-order valence-corrected chi connectivity index (χ1v) is 9.04. The van der Waals surface area contributed by atoms with Gasteiger partial charge in [0.2, 0.25) is 0 Å². The van der Waals surface area contributed by atoms with Gasteiger partial charge in [-0.1, -0.05) is 41.9 Å². The monoisotopic (exact) mass is 383 g/mol. The first-order chi connectivity index (χ1) is 13.2. The van der Waals surface area contributed by atoms with Crippen LogP contribution in [0.2, 0.25) is 5.02 Å². The highest BCUT2D eigenvalue weighted by atomic mass is 35.5. The van der Waals surface area contributed by atoms with Crippen LogP contribution in [0.15, 0.2) is 54.9 Å². The Labute approximate surface area is 161 Å². The second kappa shape index (κ2) is 7.72. The lowest BCUT2D eigenvalue weighted by molar-refractivity contribution is 0.102. The number of anilines is 1. The zero-order valence-electron chi connectivity index (χ0n) is 14.5. The number of hydrogen-bond donors (Lipinski definition) is 1. The molecule has 1 N–H and O–H groups in total. The molecule has 1 aromatic heterocycles. The molecule has 0 saturated heterocycles. The second-order valence-electron chi connectivity index (χ2n) is 6.20. The van der Waals surface area contributed by atoms with E-state index in [1.54, 1.807) is 29.2 Å². The Morgan fingerprint density at radius 2 is 2.00 bits per heavy atom. The quantitative estimate of drug-likeness (QED) is 0.739. The minimum absolute atomic E-state index is 0.285. The van der Waals surface area contributed by atoms with E-state index < -0.39 is 0 Å². The van der Waals surface area contributed by atoms with Crippen LogP contribution < -0.4 is 14.8 Å². The van der Waals surface area contributed by atoms with Gasteiger partial charge >= 0.3 is 0 Å². The highest BCUT2D eigenvalue weighted by Crippen LogP contribution is 2.38. The van der Waals surface area contributed by atoms with Gasteiger partial charge in [-0.2, -0.15) is 5.10 Å². The summed E-state index contributed by atoms with van der Waals surface area (Å²) in [6, 6.07) is 13.2. The fourth-order valence-electron chi connectivity index (χ4n) is 2.85. The molecule has 0 atom stereocenters. The molecule has 7 heteroatoms. The van der Waals surface area contributed by atoms with Crippen molar-refractivity contribution in [3.8, 4) is 11.5 Å². The smallest absolute Gasteiger partial charge is 0.255 e. The summed E-state index contributed by atoms with van der Waals surface area (Å²) in [6.07, 6.45) is 4.17. The number of nitrogens with one attached hydrogen (secondary N) is 1. The second-order valence-corrected chi connectivity index (χ2v) is 6.61. The Bertz CT molecular complexity index is 956. The summed E-state index contributed by atoms with van der Waals surface area (Å²) in [4.78, 5) is 12.6. The molecule has 0 bridgehead atoms. The Hall–Kier alpha value is -2.99. The first-order valence-electron chi connectivity index (χ1n) is 8.66. The van der Waals surface area contributed by atoms with Gasteiger partial charge in [-0.3, -0.25) is 9.48 Å². The first kappa shape index (κ1) is 17.4. The number of hydrogen-bond acceptors (Lipinski definition) is 4. The van der Waals surface area contributed by atoms with E-state index in [4.69, 9.17) is 21.1 Å². The van der Waals surface area contributed by atoms with Crippen LogP contribution in [-0.2, 0) is 6.54 Å². The van der Waals surface area contributed by atoms with Crippen molar-refractivity contribution in [2.75, 3.05) is 18.5 Å². The largest absolute Gasteiger partial charge is 0.489 e. The molecule has 2 aromatic carbocycles. The predicted octanol–water partition coefficient (Wildman–Crippen LogP) is 4.00. The molecule has 138 valence electrons. The molecule has 0 saturated carbocycles. The van der Waals surface area contributed by atoms with Gasteiger partial charge < -0.3 is 14.8 Å². The molecule has 27 heavy (non-hydrogen) atoms. The Morgan fingerprint density at radius 1 is 1.19 bits per heavy atom. The number of carbonyl (C=O) groups is 1. The van der Waals surface area contributed by atoms with E-state index in [2.05, 4.69) is 10.4 Å². The van der Waals surface area contributed by atoms with Crippen molar-refractivity contribution in [3.63, 3.8) is 0 Å². The van der Waals surface area contributed by atoms with Gasteiger partial charge in [-0.05, 0) is 17.7 Å². The summed E-state index contributed by atoms with van der Waals surface area (Å²) < 4.78 is 13.0. The van der Waals surface area contributed by atoms with Crippen molar-refractivity contribution in [3.05, 3.63) is 71.0 Å². The fourth-order valence-corrected chi connectivity index (χ4v) is 3.12. The maximum atomic E-state index is 12.6. The van der Waals surface area contributed by atoms with Crippen molar-refractivity contribution in [2.24, 2.45) is 0 Å². The van der Waals surface area contributed by atoms with Gasteiger partial charge in [0.1, 0.15) is 0 Å². The van der Waals surface area contributed by atoms with Crippen LogP contribution in [0.25, 0.3) is 0 Å². The predicted molar refractivity (Wildman–Crippen MR) is 103 cm³/mol. The van der Waals surface area contributed by atoms with Gasteiger partial charge in [0, 0.05) is 18.2 Å². The number of halogens is 1. The van der Waals surface area contributed by atoms with E-state index in [0.717, 1.165) is 12.0 Å². The third-order valence-electron chi connectivity index (χ3n) is 4.14. The van der Waals surface area contributed by atoms with E-state index in [0.29, 0.717) is 47.5 Å². The van der Waals surface area contributed by atoms with Gasteiger partial charge in [-0.25, -0.2) is 0 Å². The van der Waals surface area contributed by atoms with Gasteiger partial charge in [0.15, 0.2) is 11.5 Å². The van der Waals surface area contributed by atoms with E-state index in [1.165, 1.54) is 0 Å². The molecule has 1 amide bonds. The Kier molecular flexibility index (Phi) is 4.98. The van der Waals surface area contributed by atoms with Crippen LogP contribution in [0.5, 0.6) is 11.5 Å². The summed E-state index contributed by atoms with van der Waals surface area (Å²) in [6.45, 7) is 1.70. The zero-order chi connectivity index (χ0) is 18.6. The molecular weight excluding hydrogens is 366 g/mol. The average molecular weight is 384 g/mol. The summed E-state index contributed by atoms with van der Waals surface area (Å²) >= 11 is 6.26. The summed E-state index contributed by atoms with van der Waals surface area (Å²) in [5.74, 6) is 0.693. The number of amides is 1. The minimum atomic E-state index is -0.285. The maximum absolute atomic E-state index is 12.6. The van der Waals surface area contributed by atoms with Gasteiger partial charge in [0.25, 0.3) is 5.91 Å². The lowest BCUT2D eigenvalue weighted by Crippen LogP contribution is -2.12. The van der Waals surface area contributed by atoms with Crippen LogP contribution in [0.4, 0.5) is 5.69 Å². The third kappa shape index (κ3) is 4.06. The van der Waals surface area contributed by atoms with Crippen molar-refractivity contribution in [1.82, 2.24) is 9.78 Å². The third-order valence-corrected chi connectivity index (χ3v) is 4.42. The maximum Gasteiger partial charge on any atom is 0.255 e. The van der Waals surface area contributed by atoms with Crippen molar-refractivity contribution < 1.29 is 14.3 Å². The van der Waals surface area contributed by atoms with Crippen molar-refractivity contribution >= 4 is 23.2 Å². The normalized spacial score (nSPS) is 13.1. The Balaban J connectivity index is 1.48. The number of carbonyl (C=O) groups excluding carboxylic acids is 1. The van der Waals surface area contributed by atoms with Crippen molar-refractivity contribution in [1.29, 1.82) is 0 Å². The standard InChI is InChI=1S/C20H18ClN3O3/c21-17-9-15(10-18-19(17)27-8-4-7-26-18)20(25)23-16-11-22-24(13-16)12-14-5-2-1-3-6-14/h1-3,5-6,9-11,13H,4,7-8,12H2,(H,23,25). The number of rotatable bonds is 4. The van der Waals surface area contributed by atoms with Gasteiger partial charge in [-0.15, -0.1) is 0 Å². The number of nitrogens with zero attached hydrogens (tertiary/aromatic N) is 2. The molecule has 0 fully saturated rings. The molecule has 0 unspecified atom stereocenters. The van der Waals surface area contributed by atoms with Crippen molar-refractivity contribution in [2.45, 2.75) is 13.0 Å². The molecule has 4 rings (SSSR count). The highest BCUT2D eigenvalue weighted by Gasteiger charge is 2.18. The summed E-state index contributed by atoms with van der Waals surface area (Å²) in [5, 5.41) is 7.49. The SMILES string of the molecule is O=C(Nc1cnn(Cc2ccccc2)c1)c1cc(Cl)c2c(c1)OCCCO2. The molecule has 0 aliphatic carbocycles. The van der Waals surface area contributed by atoms with Crippen LogP contribution in [0.1, 0.15) is 22.3 Å². The Morgan fingerprint density at radius 3 is 2.85 bits per heavy atom. The average Bonchev–Trinajstić information content (AvgIpc) is 2.96. The number of fused-ring (bicyclic) bond motifs is 1. The molecule has 3 aromatic rings. The molecular formula is C20H18ClN3O3. The zero-order valence-corrected chi connectivity index (χ0v) is 15.3. The van der Waals surface area contributed by atoms with Crippen LogP contribution in [0, 0.1) is 0 Å². The lowest BCUT2D eigenvalue weighted by Gasteiger charge is -2.11. The molecule has 1 aliphatic rings. The lowest BCUT2D eigenvalue weighted by atomic mass is 10.2. The molecule has 0 radical (unpaired) electrons. The van der Waals surface area contributed by atoms with E-state index in [1.807, 2.05) is 30.3 Å². The van der Waals surface area contributed by atoms with Crippen LogP contribution in [-0.4, -0.2) is 28.9 Å². The number of aromatic nitrogens is 2. The van der Waals surface area contributed by atoms with Crippen LogP contribution >= 0.6 is 11.6 Å². The van der Waals surface area contributed by atoms with E-state index in [-0.39, 0.29) is 5.91 Å². The molecule has 2 heterocycles. The minimum Gasteiger partial charge on any atom is -0.489 e. The molecule has 0 spiro atoms. The number of benzene rings is 2. The van der Waals surface area contributed by atoms with Gasteiger partial charge in [0.05, 0.1) is 36.7 Å². The van der Waals surface area contributed by atoms with E-state index >= 15 is 0 Å². The highest BCUT2D eigenvalue weighted by molar-refractivity contribution is 6.32. The van der Waals surface area contributed by atoms with Crippen LogP contribution in [0.3, 0.4) is 0 Å². The fraction of sp³-hybridized carbons (Fsp3) is 0.200.